The third-order valence-corrected chi connectivity index (χ3v) is 6.97. The van der Waals surface area contributed by atoms with Gasteiger partial charge >= 0.3 is 0 Å². The van der Waals surface area contributed by atoms with Crippen molar-refractivity contribution in [2.75, 3.05) is 18.8 Å². The highest BCUT2D eigenvalue weighted by molar-refractivity contribution is 7.91. The summed E-state index contributed by atoms with van der Waals surface area (Å²) >= 11 is 5.77. The molecule has 0 bridgehead atoms. The summed E-state index contributed by atoms with van der Waals surface area (Å²) in [6.45, 7) is -0.177. The zero-order valence-corrected chi connectivity index (χ0v) is 16.6. The molecule has 1 amide bonds. The lowest BCUT2D eigenvalue weighted by Crippen LogP contribution is -2.33. The Morgan fingerprint density at radius 2 is 1.56 bits per heavy atom. The standard InChI is InChI=1S/C17H19ClN2O5S2/c18-14-5-4-8-16(13-14)27(24,25)20-10-9-17(21)19-11-12-26(22,23)15-6-2-1-3-7-15/h1-8,13,20H,9-12H2,(H,19,21). The number of hydrogen-bond donors (Lipinski definition) is 2. The van der Waals surface area contributed by atoms with Crippen molar-refractivity contribution in [3.63, 3.8) is 0 Å². The van der Waals surface area contributed by atoms with Gasteiger partial charge in [0.1, 0.15) is 0 Å². The minimum atomic E-state index is -3.77. The molecule has 146 valence electrons. The maximum atomic E-state index is 12.1. The number of hydrogen-bond acceptors (Lipinski definition) is 5. The van der Waals surface area contributed by atoms with Crippen LogP contribution in [0, 0.1) is 0 Å². The number of amides is 1. The molecule has 2 aromatic rings. The van der Waals surface area contributed by atoms with Crippen LogP contribution in [0.4, 0.5) is 0 Å². The van der Waals surface area contributed by atoms with Crippen molar-refractivity contribution in [2.45, 2.75) is 16.2 Å². The minimum Gasteiger partial charge on any atom is -0.355 e. The number of halogens is 1. The fourth-order valence-electron chi connectivity index (χ4n) is 2.18. The summed E-state index contributed by atoms with van der Waals surface area (Å²) < 4.78 is 50.7. The van der Waals surface area contributed by atoms with Gasteiger partial charge in [0.2, 0.25) is 15.9 Å². The molecule has 0 radical (unpaired) electrons. The summed E-state index contributed by atoms with van der Waals surface area (Å²) in [6.07, 6.45) is -0.120. The number of rotatable bonds is 9. The van der Waals surface area contributed by atoms with Crippen molar-refractivity contribution in [1.29, 1.82) is 0 Å². The Morgan fingerprint density at radius 1 is 0.889 bits per heavy atom. The topological polar surface area (TPSA) is 109 Å². The van der Waals surface area contributed by atoms with Crippen molar-refractivity contribution in [3.05, 3.63) is 59.6 Å². The first kappa shape index (κ1) is 21.4. The summed E-state index contributed by atoms with van der Waals surface area (Å²) in [5, 5.41) is 2.76. The summed E-state index contributed by atoms with van der Waals surface area (Å²) in [7, 11) is -7.25. The molecule has 2 aromatic carbocycles. The van der Waals surface area contributed by atoms with Crippen LogP contribution in [0.1, 0.15) is 6.42 Å². The van der Waals surface area contributed by atoms with Crippen molar-refractivity contribution in [2.24, 2.45) is 0 Å². The molecule has 0 heterocycles. The average Bonchev–Trinajstić information content (AvgIpc) is 2.62. The zero-order chi connectivity index (χ0) is 19.9. The Kier molecular flexibility index (Phi) is 7.37. The Hall–Kier alpha value is -1.94. The number of sulfonamides is 1. The molecule has 0 saturated heterocycles. The van der Waals surface area contributed by atoms with Crippen LogP contribution in [0.3, 0.4) is 0 Å². The molecule has 0 fully saturated rings. The Labute approximate surface area is 163 Å². The molecule has 0 aliphatic rings. The molecule has 10 heteroatoms. The van der Waals surface area contributed by atoms with E-state index in [1.807, 2.05) is 0 Å². The van der Waals surface area contributed by atoms with E-state index in [2.05, 4.69) is 10.0 Å². The van der Waals surface area contributed by atoms with Gasteiger partial charge in [-0.1, -0.05) is 35.9 Å². The SMILES string of the molecule is O=C(CCNS(=O)(=O)c1cccc(Cl)c1)NCCS(=O)(=O)c1ccccc1. The smallest absolute Gasteiger partial charge is 0.240 e. The van der Waals surface area contributed by atoms with Gasteiger partial charge in [0, 0.05) is 24.5 Å². The first-order valence-electron chi connectivity index (χ1n) is 8.00. The molecule has 2 rings (SSSR count). The third-order valence-electron chi connectivity index (χ3n) is 3.55. The van der Waals surface area contributed by atoms with E-state index in [0.29, 0.717) is 0 Å². The summed E-state index contributed by atoms with van der Waals surface area (Å²) in [5.41, 5.74) is 0. The third kappa shape index (κ3) is 6.62. The lowest BCUT2D eigenvalue weighted by atomic mass is 10.4. The molecule has 0 saturated carbocycles. The van der Waals surface area contributed by atoms with Gasteiger partial charge in [0.15, 0.2) is 9.84 Å². The van der Waals surface area contributed by atoms with Crippen LogP contribution in [0.15, 0.2) is 64.4 Å². The predicted molar refractivity (Wildman–Crippen MR) is 103 cm³/mol. The lowest BCUT2D eigenvalue weighted by molar-refractivity contribution is -0.120. The molecule has 7 nitrogen and oxygen atoms in total. The second-order valence-electron chi connectivity index (χ2n) is 5.59. The molecule has 0 unspecified atom stereocenters. The van der Waals surface area contributed by atoms with E-state index in [1.165, 1.54) is 30.3 Å². The van der Waals surface area contributed by atoms with Crippen molar-refractivity contribution in [3.8, 4) is 0 Å². The van der Waals surface area contributed by atoms with Gasteiger partial charge in [0.25, 0.3) is 0 Å². The fraction of sp³-hybridized carbons (Fsp3) is 0.235. The maximum Gasteiger partial charge on any atom is 0.240 e. The number of benzene rings is 2. The first-order chi connectivity index (χ1) is 12.7. The van der Waals surface area contributed by atoms with Crippen molar-refractivity contribution < 1.29 is 21.6 Å². The molecule has 0 spiro atoms. The Balaban J connectivity index is 1.77. The second kappa shape index (κ2) is 9.32. The largest absolute Gasteiger partial charge is 0.355 e. The highest BCUT2D eigenvalue weighted by Crippen LogP contribution is 2.15. The van der Waals surface area contributed by atoms with Gasteiger partial charge in [-0.25, -0.2) is 21.6 Å². The number of nitrogens with one attached hydrogen (secondary N) is 2. The van der Waals surface area contributed by atoms with Crippen LogP contribution in [-0.2, 0) is 24.7 Å². The van der Waals surface area contributed by atoms with Crippen molar-refractivity contribution >= 4 is 37.4 Å². The van der Waals surface area contributed by atoms with Crippen LogP contribution >= 0.6 is 11.6 Å². The number of carbonyl (C=O) groups excluding carboxylic acids is 1. The van der Waals surface area contributed by atoms with Crippen LogP contribution in [0.2, 0.25) is 5.02 Å². The number of carbonyl (C=O) groups is 1. The highest BCUT2D eigenvalue weighted by atomic mass is 35.5. The maximum absolute atomic E-state index is 12.1. The molecule has 27 heavy (non-hydrogen) atoms. The molecular weight excluding hydrogens is 412 g/mol. The van der Waals surface area contributed by atoms with E-state index >= 15 is 0 Å². The zero-order valence-electron chi connectivity index (χ0n) is 14.3. The summed E-state index contributed by atoms with van der Waals surface area (Å²) in [5.74, 6) is -0.691. The molecule has 0 aliphatic carbocycles. The van der Waals surface area contributed by atoms with E-state index in [4.69, 9.17) is 11.6 Å². The first-order valence-corrected chi connectivity index (χ1v) is 11.5. The molecule has 0 aromatic heterocycles. The quantitative estimate of drug-likeness (QED) is 0.628. The monoisotopic (exact) mass is 430 g/mol. The summed E-state index contributed by atoms with van der Waals surface area (Å²) in [6, 6.07) is 13.7. The van der Waals surface area contributed by atoms with E-state index in [0.717, 1.165) is 0 Å². The van der Waals surface area contributed by atoms with Gasteiger partial charge in [-0.3, -0.25) is 4.79 Å². The Morgan fingerprint density at radius 3 is 2.22 bits per heavy atom. The van der Waals surface area contributed by atoms with Gasteiger partial charge in [-0.2, -0.15) is 0 Å². The molecule has 2 N–H and O–H groups in total. The van der Waals surface area contributed by atoms with Crippen LogP contribution in [0.5, 0.6) is 0 Å². The lowest BCUT2D eigenvalue weighted by Gasteiger charge is -2.08. The molecule has 0 aliphatic heterocycles. The Bertz CT molecular complexity index is 993. The van der Waals surface area contributed by atoms with Crippen LogP contribution in [0.25, 0.3) is 0 Å². The van der Waals surface area contributed by atoms with Gasteiger partial charge in [0.05, 0.1) is 15.5 Å². The van der Waals surface area contributed by atoms with E-state index in [1.54, 1.807) is 24.3 Å². The molecular formula is C17H19ClN2O5S2. The number of sulfone groups is 1. The summed E-state index contributed by atoms with van der Waals surface area (Å²) in [4.78, 5) is 12.0. The second-order valence-corrected chi connectivity index (χ2v) is 9.90. The minimum absolute atomic E-state index is 0.00404. The van der Waals surface area contributed by atoms with Gasteiger partial charge in [-0.05, 0) is 30.3 Å². The van der Waals surface area contributed by atoms with Crippen LogP contribution < -0.4 is 10.0 Å². The fourth-order valence-corrected chi connectivity index (χ4v) is 4.69. The van der Waals surface area contributed by atoms with E-state index in [-0.39, 0.29) is 40.1 Å². The van der Waals surface area contributed by atoms with E-state index < -0.39 is 25.8 Å². The van der Waals surface area contributed by atoms with E-state index in [9.17, 15) is 21.6 Å². The normalized spacial score (nSPS) is 11.9. The van der Waals surface area contributed by atoms with Gasteiger partial charge < -0.3 is 5.32 Å². The van der Waals surface area contributed by atoms with Gasteiger partial charge in [-0.15, -0.1) is 0 Å². The predicted octanol–water partition coefficient (Wildman–Crippen LogP) is 1.60. The highest BCUT2D eigenvalue weighted by Gasteiger charge is 2.16. The average molecular weight is 431 g/mol. The molecule has 0 atom stereocenters. The van der Waals surface area contributed by atoms with Crippen LogP contribution in [-0.4, -0.2) is 41.6 Å². The van der Waals surface area contributed by atoms with Crippen molar-refractivity contribution in [1.82, 2.24) is 10.0 Å².